The van der Waals surface area contributed by atoms with Crippen molar-refractivity contribution in [2.75, 3.05) is 13.2 Å². The predicted molar refractivity (Wildman–Crippen MR) is 228 cm³/mol. The van der Waals surface area contributed by atoms with Gasteiger partial charge in [0.25, 0.3) is 16.6 Å². The highest BCUT2D eigenvalue weighted by Crippen LogP contribution is 2.51. The summed E-state index contributed by atoms with van der Waals surface area (Å²) in [5.41, 5.74) is 0.886. The van der Waals surface area contributed by atoms with Gasteiger partial charge in [-0.25, -0.2) is 17.6 Å². The topological polar surface area (TPSA) is 18.5 Å². The maximum Gasteiger partial charge on any atom is 0.288 e. The predicted octanol–water partition coefficient (Wildman–Crippen LogP) is 7.66. The van der Waals surface area contributed by atoms with Gasteiger partial charge in [-0.3, -0.25) is 0 Å². The van der Waals surface area contributed by atoms with E-state index in [1.54, 1.807) is 0 Å². The normalized spacial score (nSPS) is 16.1. The van der Waals surface area contributed by atoms with E-state index in [0.29, 0.717) is 11.1 Å². The zero-order valence-electron chi connectivity index (χ0n) is 31.4. The first-order valence-electron chi connectivity index (χ1n) is 19.3. The van der Waals surface area contributed by atoms with Crippen molar-refractivity contribution in [1.82, 2.24) is 0 Å². The largest absolute Gasteiger partial charge is 0.400 e. The molecule has 3 aliphatic rings. The van der Waals surface area contributed by atoms with Crippen LogP contribution < -0.4 is 31.1 Å². The van der Waals surface area contributed by atoms with Gasteiger partial charge in [-0.2, -0.15) is 0 Å². The van der Waals surface area contributed by atoms with Crippen LogP contribution in [0.4, 0.5) is 17.6 Å². The average molecular weight is 803 g/mol. The molecule has 2 unspecified atom stereocenters. The molecule has 286 valence electrons. The molecule has 2 nitrogen and oxygen atoms in total. The average Bonchev–Trinajstić information content (AvgIpc) is 3.30. The lowest BCUT2D eigenvalue weighted by molar-refractivity contribution is 0.333. The minimum atomic E-state index is -3.22. The molecule has 7 aromatic rings. The highest BCUT2D eigenvalue weighted by Gasteiger charge is 2.47. The first kappa shape index (κ1) is 37.7. The lowest BCUT2D eigenvalue weighted by atomic mass is 9.68. The number of benzene rings is 7. The second kappa shape index (κ2) is 15.8. The molecule has 58 heavy (non-hydrogen) atoms. The van der Waals surface area contributed by atoms with Gasteiger partial charge in [-0.15, -0.1) is 0 Å². The molecular formula is C50H38F4O2Si2. The van der Waals surface area contributed by atoms with E-state index in [9.17, 15) is 0 Å². The highest BCUT2D eigenvalue weighted by molar-refractivity contribution is 7.07. The van der Waals surface area contributed by atoms with Gasteiger partial charge in [0.05, 0.1) is 13.2 Å². The Morgan fingerprint density at radius 2 is 0.552 bits per heavy atom. The van der Waals surface area contributed by atoms with Crippen LogP contribution in [-0.4, -0.2) is 29.8 Å². The molecule has 0 aromatic heterocycles. The smallest absolute Gasteiger partial charge is 0.288 e. The molecule has 8 heteroatoms. The number of allylic oxidation sites excluding steroid dienone is 2. The number of halogens is 4. The molecular weight excluding hydrogens is 765 g/mol. The van der Waals surface area contributed by atoms with Crippen LogP contribution in [0.3, 0.4) is 0 Å². The van der Waals surface area contributed by atoms with Gasteiger partial charge in [0, 0.05) is 23.0 Å². The molecule has 0 amide bonds. The Morgan fingerprint density at radius 1 is 0.328 bits per heavy atom. The van der Waals surface area contributed by atoms with Crippen LogP contribution in [0.5, 0.6) is 0 Å². The van der Waals surface area contributed by atoms with E-state index in [-0.39, 0.29) is 24.3 Å². The van der Waals surface area contributed by atoms with Crippen LogP contribution in [0, 0.1) is 23.3 Å². The van der Waals surface area contributed by atoms with Crippen LogP contribution >= 0.6 is 0 Å². The summed E-state index contributed by atoms with van der Waals surface area (Å²) >= 11 is 0. The molecule has 0 N–H and O–H groups in total. The third kappa shape index (κ3) is 6.33. The molecule has 7 aromatic carbocycles. The second-order valence-electron chi connectivity index (χ2n) is 14.7. The Hall–Kier alpha value is -5.91. The monoisotopic (exact) mass is 802 g/mol. The molecule has 0 fully saturated rings. The molecule has 0 aliphatic heterocycles. The Labute approximate surface area is 337 Å². The van der Waals surface area contributed by atoms with Crippen molar-refractivity contribution >= 4 is 47.8 Å². The first-order chi connectivity index (χ1) is 28.4. The molecule has 0 heterocycles. The van der Waals surface area contributed by atoms with Crippen LogP contribution in [0.2, 0.25) is 0 Å². The summed E-state index contributed by atoms with van der Waals surface area (Å²) in [7, 11) is -6.45. The van der Waals surface area contributed by atoms with Gasteiger partial charge in [0.15, 0.2) is 23.3 Å². The fourth-order valence-corrected chi connectivity index (χ4v) is 16.6. The fraction of sp³-hybridized carbons (Fsp3) is 0.0800. The zero-order valence-corrected chi connectivity index (χ0v) is 33.4. The van der Waals surface area contributed by atoms with E-state index in [4.69, 9.17) is 8.85 Å². The molecule has 10 rings (SSSR count). The number of hydrogen-bond donors (Lipinski definition) is 0. The Bertz CT molecular complexity index is 2230. The third-order valence-electron chi connectivity index (χ3n) is 11.5. The fourth-order valence-electron chi connectivity index (χ4n) is 8.86. The van der Waals surface area contributed by atoms with E-state index < -0.39 is 51.7 Å². The van der Waals surface area contributed by atoms with Crippen LogP contribution in [0.15, 0.2) is 205 Å². The van der Waals surface area contributed by atoms with E-state index in [1.165, 1.54) is 0 Å². The molecule has 0 saturated carbocycles. The molecule has 3 aliphatic carbocycles. The zero-order chi connectivity index (χ0) is 39.7. The Morgan fingerprint density at radius 3 is 0.776 bits per heavy atom. The summed E-state index contributed by atoms with van der Waals surface area (Å²) in [6.07, 6.45) is 3.70. The van der Waals surface area contributed by atoms with Crippen LogP contribution in [-0.2, 0) is 8.85 Å². The second-order valence-corrected chi connectivity index (χ2v) is 21.4. The van der Waals surface area contributed by atoms with Gasteiger partial charge in [-0.05, 0) is 42.3 Å². The van der Waals surface area contributed by atoms with Crippen molar-refractivity contribution in [2.24, 2.45) is 0 Å². The molecule has 0 spiro atoms. The van der Waals surface area contributed by atoms with Gasteiger partial charge in [-0.1, -0.05) is 194 Å². The summed E-state index contributed by atoms with van der Waals surface area (Å²) in [6, 6.07) is 60.3. The summed E-state index contributed by atoms with van der Waals surface area (Å²) in [5, 5.41) is 6.05. The lowest BCUT2D eigenvalue weighted by Gasteiger charge is -2.41. The van der Waals surface area contributed by atoms with Crippen LogP contribution in [0.25, 0.3) is 0 Å². The summed E-state index contributed by atoms with van der Waals surface area (Å²) in [6.45, 7) is 0.0693. The van der Waals surface area contributed by atoms with E-state index >= 15 is 17.6 Å². The molecule has 0 saturated heterocycles. The van der Waals surface area contributed by atoms with E-state index in [2.05, 4.69) is 72.8 Å². The molecule has 0 radical (unpaired) electrons. The van der Waals surface area contributed by atoms with Crippen molar-refractivity contribution in [3.8, 4) is 0 Å². The molecule has 2 atom stereocenters. The minimum Gasteiger partial charge on any atom is -0.400 e. The lowest BCUT2D eigenvalue weighted by Crippen LogP contribution is -2.69. The summed E-state index contributed by atoms with van der Waals surface area (Å²) < 4.78 is 77.1. The van der Waals surface area contributed by atoms with Crippen molar-refractivity contribution in [2.45, 2.75) is 11.8 Å². The quantitative estimate of drug-likeness (QED) is 0.0316. The molecule has 2 bridgehead atoms. The number of rotatable bonds is 12. The van der Waals surface area contributed by atoms with Crippen molar-refractivity contribution in [1.29, 1.82) is 0 Å². The van der Waals surface area contributed by atoms with Gasteiger partial charge >= 0.3 is 0 Å². The maximum absolute atomic E-state index is 16.1. The first-order valence-corrected chi connectivity index (χ1v) is 23.1. The third-order valence-corrected chi connectivity index (χ3v) is 19.5. The van der Waals surface area contributed by atoms with Crippen molar-refractivity contribution < 1.29 is 26.4 Å². The summed E-state index contributed by atoms with van der Waals surface area (Å²) in [5.74, 6) is -8.27. The minimum absolute atomic E-state index is 0.0347. The maximum atomic E-state index is 16.1. The highest BCUT2D eigenvalue weighted by atomic mass is 28.4. The van der Waals surface area contributed by atoms with Gasteiger partial charge in [0.2, 0.25) is 0 Å². The SMILES string of the molecule is Fc1c(F)c(F)c2c(c1F)C1C=C(CO[Si](c3ccccc3)(c3ccccc3)c3ccccc3)C2C=C1CO[Si](c1ccccc1)(c1ccccc1)c1ccccc1. The van der Waals surface area contributed by atoms with Gasteiger partial charge < -0.3 is 8.85 Å². The van der Waals surface area contributed by atoms with Crippen LogP contribution in [0.1, 0.15) is 23.0 Å². The summed E-state index contributed by atoms with van der Waals surface area (Å²) in [4.78, 5) is 0. The standard InChI is InChI=1S/C50H38F4O2Si2/c51-47-45-43-32-36(34-56-58(40-25-13-4-14-26-40,41-27-15-5-16-28-41)42-29-17-6-18-30-42)44(46(45)48(52)50(54)49(47)53)31-35(43)33-55-57(37-19-7-1-8-20-37,38-21-9-2-10-22-38)39-23-11-3-12-24-39/h1-32,43-44H,33-34H2. The van der Waals surface area contributed by atoms with E-state index in [1.807, 2.05) is 121 Å². The van der Waals surface area contributed by atoms with Crippen molar-refractivity contribution in [3.05, 3.63) is 240 Å². The van der Waals surface area contributed by atoms with E-state index in [0.717, 1.165) is 31.1 Å². The Kier molecular flexibility index (Phi) is 10.3. The number of hydrogen-bond acceptors (Lipinski definition) is 2. The van der Waals surface area contributed by atoms with Gasteiger partial charge in [0.1, 0.15) is 0 Å². The Balaban J connectivity index is 1.15. The van der Waals surface area contributed by atoms with Crippen molar-refractivity contribution in [3.63, 3.8) is 0 Å².